The quantitative estimate of drug-likeness (QED) is 0.772. The van der Waals surface area contributed by atoms with Gasteiger partial charge in [0.1, 0.15) is 5.78 Å². The number of ketones is 1. The molecule has 0 saturated carbocycles. The monoisotopic (exact) mass is 270 g/mol. The fourth-order valence-electron chi connectivity index (χ4n) is 3.43. The van der Waals surface area contributed by atoms with Crippen molar-refractivity contribution in [1.29, 1.82) is 0 Å². The van der Waals surface area contributed by atoms with Crippen LogP contribution < -0.4 is 0 Å². The second kappa shape index (κ2) is 5.51. The zero-order valence-electron chi connectivity index (χ0n) is 10.9. The number of carbonyl (C=O) groups is 1. The van der Waals surface area contributed by atoms with Gasteiger partial charge in [0, 0.05) is 25.7 Å². The van der Waals surface area contributed by atoms with Crippen LogP contribution in [-0.2, 0) is 14.3 Å². The summed E-state index contributed by atoms with van der Waals surface area (Å²) in [5, 5.41) is 0.282. The molecule has 3 rings (SSSR count). The van der Waals surface area contributed by atoms with Gasteiger partial charge in [0.25, 0.3) is 0 Å². The van der Waals surface area contributed by atoms with Gasteiger partial charge in [-0.25, -0.2) is 0 Å². The number of hydrogen-bond acceptors (Lipinski definition) is 4. The molecule has 1 spiro atoms. The van der Waals surface area contributed by atoms with Crippen molar-refractivity contribution in [2.75, 3.05) is 25.6 Å². The second-order valence-electron chi connectivity index (χ2n) is 5.74. The number of rotatable bonds is 2. The molecule has 4 heteroatoms. The van der Waals surface area contributed by atoms with E-state index in [1.54, 1.807) is 0 Å². The van der Waals surface area contributed by atoms with Gasteiger partial charge < -0.3 is 9.47 Å². The molecule has 3 nitrogen and oxygen atoms in total. The Morgan fingerprint density at radius 2 is 2.00 bits per heavy atom. The number of hydrogen-bond donors (Lipinski definition) is 0. The molecule has 0 aromatic rings. The van der Waals surface area contributed by atoms with Crippen LogP contribution >= 0.6 is 11.8 Å². The van der Waals surface area contributed by atoms with E-state index in [-0.39, 0.29) is 16.8 Å². The minimum atomic E-state index is -0.0416. The van der Waals surface area contributed by atoms with Gasteiger partial charge in [-0.05, 0) is 44.3 Å². The Morgan fingerprint density at radius 3 is 2.72 bits per heavy atom. The maximum Gasteiger partial charge on any atom is 0.149 e. The van der Waals surface area contributed by atoms with Gasteiger partial charge in [-0.15, -0.1) is 0 Å². The summed E-state index contributed by atoms with van der Waals surface area (Å²) in [5.74, 6) is 1.91. The SMILES string of the molecule is O=C(C1CCOC2(CCOCC2)C1)C1CCCS1. The first kappa shape index (κ1) is 12.9. The molecule has 2 unspecified atom stereocenters. The van der Waals surface area contributed by atoms with E-state index < -0.39 is 0 Å². The molecule has 0 aliphatic carbocycles. The van der Waals surface area contributed by atoms with Crippen molar-refractivity contribution >= 4 is 17.5 Å². The van der Waals surface area contributed by atoms with Crippen molar-refractivity contribution in [1.82, 2.24) is 0 Å². The molecule has 0 aromatic heterocycles. The molecule has 102 valence electrons. The molecule has 0 N–H and O–H groups in total. The molecule has 3 fully saturated rings. The summed E-state index contributed by atoms with van der Waals surface area (Å²) in [7, 11) is 0. The van der Waals surface area contributed by atoms with Crippen LogP contribution in [0.5, 0.6) is 0 Å². The Bertz CT molecular complexity index is 301. The van der Waals surface area contributed by atoms with Gasteiger partial charge in [0.15, 0.2) is 0 Å². The van der Waals surface area contributed by atoms with E-state index in [1.165, 1.54) is 12.2 Å². The fourth-order valence-corrected chi connectivity index (χ4v) is 4.74. The van der Waals surface area contributed by atoms with Crippen LogP contribution in [0, 0.1) is 5.92 Å². The average Bonchev–Trinajstić information content (AvgIpc) is 2.93. The lowest BCUT2D eigenvalue weighted by atomic mass is 9.78. The standard InChI is InChI=1S/C14H22O3S/c15-13(12-2-1-9-18-12)11-3-6-17-14(10-11)4-7-16-8-5-14/h11-12H,1-10H2. The van der Waals surface area contributed by atoms with Crippen molar-refractivity contribution in [3.63, 3.8) is 0 Å². The first-order valence-corrected chi connectivity index (χ1v) is 8.21. The van der Waals surface area contributed by atoms with Crippen LogP contribution in [-0.4, -0.2) is 42.2 Å². The van der Waals surface area contributed by atoms with Crippen LogP contribution in [0.4, 0.5) is 0 Å². The summed E-state index contributed by atoms with van der Waals surface area (Å²) in [5.41, 5.74) is -0.0416. The van der Waals surface area contributed by atoms with Gasteiger partial charge in [-0.1, -0.05) is 0 Å². The third kappa shape index (κ3) is 2.61. The third-order valence-corrected chi connectivity index (χ3v) is 5.94. The van der Waals surface area contributed by atoms with Crippen LogP contribution in [0.2, 0.25) is 0 Å². The summed E-state index contributed by atoms with van der Waals surface area (Å²) in [4.78, 5) is 12.5. The molecule has 0 amide bonds. The summed E-state index contributed by atoms with van der Waals surface area (Å²) in [6.07, 6.45) is 6.11. The van der Waals surface area contributed by atoms with E-state index in [0.29, 0.717) is 5.78 Å². The molecule has 3 saturated heterocycles. The molecule has 2 atom stereocenters. The van der Waals surface area contributed by atoms with E-state index in [2.05, 4.69) is 0 Å². The Kier molecular flexibility index (Phi) is 3.97. The highest BCUT2D eigenvalue weighted by atomic mass is 32.2. The topological polar surface area (TPSA) is 35.5 Å². The van der Waals surface area contributed by atoms with Crippen LogP contribution in [0.15, 0.2) is 0 Å². The zero-order valence-corrected chi connectivity index (χ0v) is 11.7. The molecular weight excluding hydrogens is 248 g/mol. The van der Waals surface area contributed by atoms with Crippen molar-refractivity contribution in [3.8, 4) is 0 Å². The number of thioether (sulfide) groups is 1. The first-order chi connectivity index (χ1) is 8.79. The van der Waals surface area contributed by atoms with Gasteiger partial charge >= 0.3 is 0 Å². The van der Waals surface area contributed by atoms with Gasteiger partial charge in [-0.3, -0.25) is 4.79 Å². The maximum atomic E-state index is 12.5. The summed E-state index contributed by atoms with van der Waals surface area (Å²) in [6, 6.07) is 0. The zero-order chi connectivity index (χ0) is 12.4. The van der Waals surface area contributed by atoms with Crippen molar-refractivity contribution in [2.45, 2.75) is 49.4 Å². The normalized spacial score (nSPS) is 35.8. The van der Waals surface area contributed by atoms with Crippen LogP contribution in [0.25, 0.3) is 0 Å². The Morgan fingerprint density at radius 1 is 1.17 bits per heavy atom. The first-order valence-electron chi connectivity index (χ1n) is 7.16. The van der Waals surface area contributed by atoms with Gasteiger partial charge in [-0.2, -0.15) is 11.8 Å². The van der Waals surface area contributed by atoms with Crippen molar-refractivity contribution < 1.29 is 14.3 Å². The Balaban J connectivity index is 1.64. The van der Waals surface area contributed by atoms with E-state index in [0.717, 1.165) is 51.9 Å². The predicted octanol–water partition coefficient (Wildman–Crippen LogP) is 2.43. The lowest BCUT2D eigenvalue weighted by Gasteiger charge is -2.43. The van der Waals surface area contributed by atoms with Gasteiger partial charge in [0.2, 0.25) is 0 Å². The van der Waals surface area contributed by atoms with Gasteiger partial charge in [0.05, 0.1) is 10.9 Å². The van der Waals surface area contributed by atoms with Crippen molar-refractivity contribution in [3.05, 3.63) is 0 Å². The molecule has 0 aromatic carbocycles. The highest BCUT2D eigenvalue weighted by Crippen LogP contribution is 2.40. The molecule has 0 bridgehead atoms. The fraction of sp³-hybridized carbons (Fsp3) is 0.929. The predicted molar refractivity (Wildman–Crippen MR) is 71.9 cm³/mol. The number of ether oxygens (including phenoxy) is 2. The number of carbonyl (C=O) groups excluding carboxylic acids is 1. The average molecular weight is 270 g/mol. The summed E-state index contributed by atoms with van der Waals surface area (Å²) >= 11 is 1.86. The lowest BCUT2D eigenvalue weighted by Crippen LogP contribution is -2.46. The summed E-state index contributed by atoms with van der Waals surface area (Å²) < 4.78 is 11.4. The molecule has 0 radical (unpaired) electrons. The van der Waals surface area contributed by atoms with E-state index in [4.69, 9.17) is 9.47 Å². The molecule has 3 heterocycles. The van der Waals surface area contributed by atoms with E-state index in [1.807, 2.05) is 11.8 Å². The molecular formula is C14H22O3S. The Hall–Kier alpha value is -0.0600. The largest absolute Gasteiger partial charge is 0.381 e. The van der Waals surface area contributed by atoms with Crippen LogP contribution in [0.1, 0.15) is 38.5 Å². The minimum absolute atomic E-state index is 0.0416. The van der Waals surface area contributed by atoms with Crippen LogP contribution in [0.3, 0.4) is 0 Å². The second-order valence-corrected chi connectivity index (χ2v) is 7.05. The minimum Gasteiger partial charge on any atom is -0.381 e. The molecule has 3 aliphatic rings. The lowest BCUT2D eigenvalue weighted by molar-refractivity contribution is -0.156. The highest BCUT2D eigenvalue weighted by Gasteiger charge is 2.42. The maximum absolute atomic E-state index is 12.5. The van der Waals surface area contributed by atoms with E-state index in [9.17, 15) is 4.79 Å². The highest BCUT2D eigenvalue weighted by molar-refractivity contribution is 8.00. The van der Waals surface area contributed by atoms with E-state index >= 15 is 0 Å². The summed E-state index contributed by atoms with van der Waals surface area (Å²) in [6.45, 7) is 2.34. The van der Waals surface area contributed by atoms with Crippen molar-refractivity contribution in [2.24, 2.45) is 5.92 Å². The molecule has 3 aliphatic heterocycles. The molecule has 18 heavy (non-hydrogen) atoms. The Labute approximate surface area is 113 Å². The number of Topliss-reactive ketones (excluding diaryl/α,β-unsaturated/α-hetero) is 1. The third-order valence-electron chi connectivity index (χ3n) is 4.55. The smallest absolute Gasteiger partial charge is 0.149 e.